The molecule has 0 saturated heterocycles. The van der Waals surface area contributed by atoms with Crippen LogP contribution >= 0.6 is 0 Å². The molecule has 0 aromatic heterocycles. The van der Waals surface area contributed by atoms with Gasteiger partial charge in [-0.2, -0.15) is 0 Å². The third-order valence-corrected chi connectivity index (χ3v) is 1.15. The maximum Gasteiger partial charge on any atom is 0.353 e. The van der Waals surface area contributed by atoms with Crippen molar-refractivity contribution in [2.45, 2.75) is 13.3 Å². The molecule has 0 fully saturated rings. The zero-order valence-corrected chi connectivity index (χ0v) is 6.81. The highest BCUT2D eigenvalue weighted by Gasteiger charge is 2.06. The van der Waals surface area contributed by atoms with E-state index in [9.17, 15) is 9.00 Å². The Bertz CT molecular complexity index is 191. The van der Waals surface area contributed by atoms with Gasteiger partial charge in [-0.3, -0.25) is 4.55 Å². The van der Waals surface area contributed by atoms with Gasteiger partial charge in [-0.05, 0) is 11.3 Å². The number of carbonyl (C=O) groups excluding carboxylic acids is 1. The lowest BCUT2D eigenvalue weighted by molar-refractivity contribution is -0.142. The van der Waals surface area contributed by atoms with E-state index in [1.807, 2.05) is 0 Å². The van der Waals surface area contributed by atoms with Gasteiger partial charge in [-0.25, -0.2) is 9.00 Å². The monoisotopic (exact) mass is 179 g/mol. The lowest BCUT2D eigenvalue weighted by atomic mass is 10.2. The maximum atomic E-state index is 10.6. The molecule has 0 bridgehead atoms. The largest absolute Gasteiger partial charge is 0.353 e. The predicted molar refractivity (Wildman–Crippen MR) is 39.4 cm³/mol. The second kappa shape index (κ2) is 5.00. The van der Waals surface area contributed by atoms with Gasteiger partial charge >= 0.3 is 5.97 Å². The molecule has 11 heavy (non-hydrogen) atoms. The van der Waals surface area contributed by atoms with Gasteiger partial charge in [-0.15, -0.1) is 0 Å². The molecule has 0 aliphatic heterocycles. The Morgan fingerprint density at radius 3 is 2.73 bits per heavy atom. The Morgan fingerprint density at radius 1 is 1.82 bits per heavy atom. The van der Waals surface area contributed by atoms with E-state index >= 15 is 0 Å². The zero-order valence-electron chi connectivity index (χ0n) is 5.99. The second-order valence-electron chi connectivity index (χ2n) is 1.68. The van der Waals surface area contributed by atoms with Gasteiger partial charge in [0.15, 0.2) is 0 Å². The van der Waals surface area contributed by atoms with Crippen LogP contribution in [0.3, 0.4) is 0 Å². The van der Waals surface area contributed by atoms with Crippen LogP contribution in [0.4, 0.5) is 0 Å². The zero-order chi connectivity index (χ0) is 8.85. The third-order valence-electron chi connectivity index (χ3n) is 0.921. The molecular weight excluding hydrogens is 170 g/mol. The fourth-order valence-corrected chi connectivity index (χ4v) is 0.437. The summed E-state index contributed by atoms with van der Waals surface area (Å²) in [4.78, 5) is 16.3. The highest BCUT2D eigenvalue weighted by atomic mass is 32.2. The van der Waals surface area contributed by atoms with Crippen LogP contribution in [0, 0.1) is 0 Å². The summed E-state index contributed by atoms with van der Waals surface area (Å²) >= 11 is -2.34. The summed E-state index contributed by atoms with van der Waals surface area (Å²) < 4.78 is 18.0. The minimum atomic E-state index is -2.34. The number of carbonyl (C=O) groups is 1. The summed E-state index contributed by atoms with van der Waals surface area (Å²) in [6, 6.07) is 0. The lowest BCUT2D eigenvalue weighted by Crippen LogP contribution is -2.22. The van der Waals surface area contributed by atoms with Crippen LogP contribution in [0.25, 0.3) is 0 Å². The lowest BCUT2D eigenvalue weighted by Gasteiger charge is -2.01. The normalized spacial score (nSPS) is 12.2. The Kier molecular flexibility index (Phi) is 4.67. The van der Waals surface area contributed by atoms with Crippen LogP contribution in [0.5, 0.6) is 0 Å². The van der Waals surface area contributed by atoms with Gasteiger partial charge in [0.25, 0.3) is 11.3 Å². The first-order valence-corrected chi connectivity index (χ1v) is 3.94. The standard InChI is InChI=1S/C5H9NO4S/c1-3-4(2)5(7)10-6-11(8)9/h6H,2-3H2,1H3,(H,8,9). The Balaban J connectivity index is 3.70. The van der Waals surface area contributed by atoms with Gasteiger partial charge in [0.2, 0.25) is 0 Å². The number of nitrogens with one attached hydrogen (secondary N) is 1. The van der Waals surface area contributed by atoms with Crippen LogP contribution in [-0.4, -0.2) is 14.7 Å². The molecule has 0 saturated carbocycles. The molecule has 5 nitrogen and oxygen atoms in total. The molecular formula is C5H9NO4S. The summed E-state index contributed by atoms with van der Waals surface area (Å²) in [6.07, 6.45) is 0.443. The van der Waals surface area contributed by atoms with Crippen molar-refractivity contribution in [1.29, 1.82) is 0 Å². The van der Waals surface area contributed by atoms with Crippen molar-refractivity contribution >= 4 is 17.2 Å². The summed E-state index contributed by atoms with van der Waals surface area (Å²) in [6.45, 7) is 5.08. The fraction of sp³-hybridized carbons (Fsp3) is 0.400. The van der Waals surface area contributed by atoms with Gasteiger partial charge in [-0.1, -0.05) is 13.5 Å². The van der Waals surface area contributed by atoms with Crippen LogP contribution in [0.2, 0.25) is 0 Å². The first kappa shape index (κ1) is 10.3. The SMILES string of the molecule is C=C(CC)C(=O)ONS(=O)O. The van der Waals surface area contributed by atoms with Crippen LogP contribution < -0.4 is 4.89 Å². The first-order valence-electron chi connectivity index (χ1n) is 2.83. The molecule has 0 heterocycles. The van der Waals surface area contributed by atoms with Crippen molar-refractivity contribution in [3.8, 4) is 0 Å². The Hall–Kier alpha value is -0.720. The summed E-state index contributed by atoms with van der Waals surface area (Å²) in [5.74, 6) is -0.727. The van der Waals surface area contributed by atoms with Crippen LogP contribution in [0.15, 0.2) is 12.2 Å². The van der Waals surface area contributed by atoms with E-state index in [4.69, 9.17) is 4.55 Å². The molecule has 2 N–H and O–H groups in total. The quantitative estimate of drug-likeness (QED) is 0.365. The van der Waals surface area contributed by atoms with E-state index in [0.29, 0.717) is 6.42 Å². The van der Waals surface area contributed by atoms with Crippen molar-refractivity contribution in [1.82, 2.24) is 4.89 Å². The highest BCUT2D eigenvalue weighted by Crippen LogP contribution is 1.97. The van der Waals surface area contributed by atoms with E-state index in [-0.39, 0.29) is 5.57 Å². The first-order chi connectivity index (χ1) is 5.07. The van der Waals surface area contributed by atoms with Gasteiger partial charge in [0, 0.05) is 5.57 Å². The molecule has 0 aliphatic rings. The summed E-state index contributed by atoms with van der Waals surface area (Å²) in [5.41, 5.74) is 0.239. The summed E-state index contributed by atoms with van der Waals surface area (Å²) in [7, 11) is 0. The van der Waals surface area contributed by atoms with Crippen molar-refractivity contribution in [3.63, 3.8) is 0 Å². The van der Waals surface area contributed by atoms with E-state index in [1.54, 1.807) is 11.8 Å². The number of hydrogen-bond acceptors (Lipinski definition) is 3. The second-order valence-corrected chi connectivity index (χ2v) is 2.34. The molecule has 0 radical (unpaired) electrons. The van der Waals surface area contributed by atoms with Crippen molar-refractivity contribution < 1.29 is 18.4 Å². The van der Waals surface area contributed by atoms with Gasteiger partial charge in [0.05, 0.1) is 0 Å². The number of rotatable bonds is 4. The third kappa shape index (κ3) is 4.65. The molecule has 1 unspecified atom stereocenters. The molecule has 0 aromatic rings. The maximum absolute atomic E-state index is 10.6. The fourth-order valence-electron chi connectivity index (χ4n) is 0.290. The number of hydrogen-bond donors (Lipinski definition) is 2. The minimum absolute atomic E-state index is 0.239. The molecule has 6 heteroatoms. The smallest absolute Gasteiger partial charge is 0.352 e. The molecule has 1 atom stereocenters. The summed E-state index contributed by atoms with van der Waals surface area (Å²) in [5, 5.41) is 0. The van der Waals surface area contributed by atoms with Crippen LogP contribution in [0.1, 0.15) is 13.3 Å². The predicted octanol–water partition coefficient (Wildman–Crippen LogP) is 0.137. The average Bonchev–Trinajstić information content (AvgIpc) is 1.98. The Morgan fingerprint density at radius 2 is 2.36 bits per heavy atom. The Labute approximate surface area is 66.8 Å². The molecule has 64 valence electrons. The molecule has 0 aromatic carbocycles. The van der Waals surface area contributed by atoms with Crippen molar-refractivity contribution in [3.05, 3.63) is 12.2 Å². The minimum Gasteiger partial charge on any atom is -0.352 e. The molecule has 0 amide bonds. The van der Waals surface area contributed by atoms with E-state index < -0.39 is 17.2 Å². The molecule has 0 spiro atoms. The highest BCUT2D eigenvalue weighted by molar-refractivity contribution is 7.76. The molecule has 0 rings (SSSR count). The van der Waals surface area contributed by atoms with Crippen molar-refractivity contribution in [2.24, 2.45) is 0 Å². The molecule has 0 aliphatic carbocycles. The van der Waals surface area contributed by atoms with E-state index in [0.717, 1.165) is 0 Å². The van der Waals surface area contributed by atoms with E-state index in [1.165, 1.54) is 0 Å². The average molecular weight is 179 g/mol. The van der Waals surface area contributed by atoms with Gasteiger partial charge in [0.1, 0.15) is 0 Å². The van der Waals surface area contributed by atoms with Crippen LogP contribution in [-0.2, 0) is 20.9 Å². The van der Waals surface area contributed by atoms with Gasteiger partial charge < -0.3 is 4.84 Å². The van der Waals surface area contributed by atoms with E-state index in [2.05, 4.69) is 11.4 Å². The topological polar surface area (TPSA) is 75.6 Å². The van der Waals surface area contributed by atoms with Crippen molar-refractivity contribution in [2.75, 3.05) is 0 Å².